The van der Waals surface area contributed by atoms with Gasteiger partial charge in [0.15, 0.2) is 5.96 Å². The van der Waals surface area contributed by atoms with Crippen LogP contribution in [0.1, 0.15) is 45.1 Å². The maximum Gasteiger partial charge on any atom is 0.191 e. The van der Waals surface area contributed by atoms with Gasteiger partial charge < -0.3 is 15.5 Å². The van der Waals surface area contributed by atoms with Crippen LogP contribution in [-0.4, -0.2) is 59.9 Å². The van der Waals surface area contributed by atoms with Crippen molar-refractivity contribution in [2.75, 3.05) is 39.3 Å². The van der Waals surface area contributed by atoms with Gasteiger partial charge in [0.25, 0.3) is 0 Å². The normalized spacial score (nSPS) is 16.3. The standard InChI is InChI=1S/C19H36N6.HI/c1-4-20-19(21-10-5-7-18-15-23-24(3)16-18)22-11-6-12-25-13-8-17(2)9-14-25;/h15-17H,4-14H2,1-3H3,(H2,20,21,22);1H. The van der Waals surface area contributed by atoms with E-state index in [-0.39, 0.29) is 24.0 Å². The number of rotatable bonds is 9. The molecule has 1 fully saturated rings. The van der Waals surface area contributed by atoms with Gasteiger partial charge in [-0.05, 0) is 70.1 Å². The predicted molar refractivity (Wildman–Crippen MR) is 120 cm³/mol. The van der Waals surface area contributed by atoms with E-state index in [9.17, 15) is 0 Å². The third kappa shape index (κ3) is 9.21. The maximum absolute atomic E-state index is 4.68. The van der Waals surface area contributed by atoms with E-state index >= 15 is 0 Å². The Morgan fingerprint density at radius 3 is 2.69 bits per heavy atom. The van der Waals surface area contributed by atoms with E-state index in [1.807, 2.05) is 17.9 Å². The highest BCUT2D eigenvalue weighted by Crippen LogP contribution is 2.15. The van der Waals surface area contributed by atoms with E-state index in [1.54, 1.807) is 0 Å². The van der Waals surface area contributed by atoms with Gasteiger partial charge in [-0.15, -0.1) is 24.0 Å². The van der Waals surface area contributed by atoms with Crippen LogP contribution >= 0.6 is 24.0 Å². The number of hydrogen-bond donors (Lipinski definition) is 2. The Hall–Kier alpha value is -0.830. The lowest BCUT2D eigenvalue weighted by Crippen LogP contribution is -2.39. The molecule has 0 bridgehead atoms. The van der Waals surface area contributed by atoms with Crippen molar-refractivity contribution in [1.82, 2.24) is 25.3 Å². The molecule has 0 aliphatic carbocycles. The summed E-state index contributed by atoms with van der Waals surface area (Å²) in [5.74, 6) is 1.86. The van der Waals surface area contributed by atoms with Gasteiger partial charge in [-0.2, -0.15) is 5.10 Å². The summed E-state index contributed by atoms with van der Waals surface area (Å²) in [5, 5.41) is 11.0. The smallest absolute Gasteiger partial charge is 0.191 e. The van der Waals surface area contributed by atoms with Crippen LogP contribution in [0.4, 0.5) is 0 Å². The first-order valence-corrected chi connectivity index (χ1v) is 9.89. The summed E-state index contributed by atoms with van der Waals surface area (Å²) in [6, 6.07) is 0. The molecule has 0 aromatic carbocycles. The van der Waals surface area contributed by atoms with Gasteiger partial charge in [-0.3, -0.25) is 9.67 Å². The molecule has 0 unspecified atom stereocenters. The molecular weight excluding hydrogens is 439 g/mol. The number of aliphatic imine (C=N–C) groups is 1. The lowest BCUT2D eigenvalue weighted by Gasteiger charge is -2.30. The van der Waals surface area contributed by atoms with Gasteiger partial charge in [-0.25, -0.2) is 0 Å². The molecule has 0 radical (unpaired) electrons. The van der Waals surface area contributed by atoms with Crippen molar-refractivity contribution in [1.29, 1.82) is 0 Å². The number of nitrogens with zero attached hydrogens (tertiary/aromatic N) is 4. The number of aryl methyl sites for hydroxylation is 2. The first-order chi connectivity index (χ1) is 12.2. The average Bonchev–Trinajstić information content (AvgIpc) is 3.02. The van der Waals surface area contributed by atoms with E-state index in [0.717, 1.165) is 44.4 Å². The molecule has 2 rings (SSSR count). The zero-order valence-electron chi connectivity index (χ0n) is 16.7. The van der Waals surface area contributed by atoms with Crippen LogP contribution in [0.15, 0.2) is 17.4 Å². The van der Waals surface area contributed by atoms with Crippen LogP contribution in [0, 0.1) is 5.92 Å². The highest BCUT2D eigenvalue weighted by Gasteiger charge is 2.14. The van der Waals surface area contributed by atoms with Gasteiger partial charge in [0.1, 0.15) is 0 Å². The van der Waals surface area contributed by atoms with Crippen LogP contribution < -0.4 is 10.6 Å². The zero-order valence-corrected chi connectivity index (χ0v) is 19.0. The molecule has 1 aliphatic rings. The molecule has 2 N–H and O–H groups in total. The molecule has 6 nitrogen and oxygen atoms in total. The minimum Gasteiger partial charge on any atom is -0.357 e. The maximum atomic E-state index is 4.68. The topological polar surface area (TPSA) is 57.5 Å². The third-order valence-electron chi connectivity index (χ3n) is 4.82. The lowest BCUT2D eigenvalue weighted by molar-refractivity contribution is 0.191. The summed E-state index contributed by atoms with van der Waals surface area (Å²) >= 11 is 0. The van der Waals surface area contributed by atoms with E-state index in [4.69, 9.17) is 0 Å². The third-order valence-corrected chi connectivity index (χ3v) is 4.82. The summed E-state index contributed by atoms with van der Waals surface area (Å²) in [5.41, 5.74) is 1.28. The van der Waals surface area contributed by atoms with Crippen LogP contribution in [-0.2, 0) is 13.5 Å². The number of halogens is 1. The van der Waals surface area contributed by atoms with Gasteiger partial charge in [-0.1, -0.05) is 6.92 Å². The largest absolute Gasteiger partial charge is 0.357 e. The predicted octanol–water partition coefficient (Wildman–Crippen LogP) is 2.65. The number of likely N-dealkylation sites (tertiary alicyclic amines) is 1. The monoisotopic (exact) mass is 476 g/mol. The molecule has 0 atom stereocenters. The molecule has 1 aromatic heterocycles. The molecular formula is C19H37IN6. The molecule has 150 valence electrons. The van der Waals surface area contributed by atoms with Crippen molar-refractivity contribution < 1.29 is 0 Å². The lowest BCUT2D eigenvalue weighted by atomic mass is 9.99. The van der Waals surface area contributed by atoms with Crippen LogP contribution in [0.5, 0.6) is 0 Å². The zero-order chi connectivity index (χ0) is 17.9. The number of guanidine groups is 1. The van der Waals surface area contributed by atoms with Gasteiger partial charge >= 0.3 is 0 Å². The Balaban J connectivity index is 0.00000338. The second-order valence-corrected chi connectivity index (χ2v) is 7.19. The Bertz CT molecular complexity index is 508. The van der Waals surface area contributed by atoms with E-state index in [1.165, 1.54) is 44.5 Å². The molecule has 2 heterocycles. The number of aromatic nitrogens is 2. The van der Waals surface area contributed by atoms with Gasteiger partial charge in [0, 0.05) is 32.9 Å². The van der Waals surface area contributed by atoms with Crippen LogP contribution in [0.25, 0.3) is 0 Å². The second-order valence-electron chi connectivity index (χ2n) is 7.19. The molecule has 7 heteroatoms. The fourth-order valence-corrected chi connectivity index (χ4v) is 3.21. The van der Waals surface area contributed by atoms with E-state index in [2.05, 4.69) is 45.7 Å². The Morgan fingerprint density at radius 2 is 2.04 bits per heavy atom. The van der Waals surface area contributed by atoms with Crippen molar-refractivity contribution in [3.05, 3.63) is 18.0 Å². The summed E-state index contributed by atoms with van der Waals surface area (Å²) in [4.78, 5) is 7.28. The molecule has 0 spiro atoms. The molecule has 1 aliphatic heterocycles. The SMILES string of the molecule is CCNC(=NCCCc1cnn(C)c1)NCCCN1CCC(C)CC1.I. The van der Waals surface area contributed by atoms with Crippen molar-refractivity contribution in [3.63, 3.8) is 0 Å². The summed E-state index contributed by atoms with van der Waals surface area (Å²) in [7, 11) is 1.96. The Morgan fingerprint density at radius 1 is 1.27 bits per heavy atom. The summed E-state index contributed by atoms with van der Waals surface area (Å²) in [6.07, 6.45) is 9.98. The van der Waals surface area contributed by atoms with Crippen molar-refractivity contribution in [2.24, 2.45) is 18.0 Å². The minimum absolute atomic E-state index is 0. The van der Waals surface area contributed by atoms with Crippen LogP contribution in [0.2, 0.25) is 0 Å². The van der Waals surface area contributed by atoms with E-state index < -0.39 is 0 Å². The average molecular weight is 476 g/mol. The number of piperidine rings is 1. The quantitative estimate of drug-likeness (QED) is 0.249. The molecule has 0 amide bonds. The first-order valence-electron chi connectivity index (χ1n) is 9.89. The molecule has 1 aromatic rings. The van der Waals surface area contributed by atoms with Gasteiger partial charge in [0.05, 0.1) is 6.20 Å². The van der Waals surface area contributed by atoms with Crippen LogP contribution in [0.3, 0.4) is 0 Å². The molecule has 1 saturated heterocycles. The second kappa shape index (κ2) is 13.4. The Labute approximate surface area is 176 Å². The van der Waals surface area contributed by atoms with E-state index in [0.29, 0.717) is 0 Å². The van der Waals surface area contributed by atoms with Crippen molar-refractivity contribution in [2.45, 2.75) is 46.0 Å². The fraction of sp³-hybridized carbons (Fsp3) is 0.789. The fourth-order valence-electron chi connectivity index (χ4n) is 3.21. The Kier molecular flexibility index (Phi) is 11.9. The van der Waals surface area contributed by atoms with Gasteiger partial charge in [0.2, 0.25) is 0 Å². The number of hydrogen-bond acceptors (Lipinski definition) is 3. The summed E-state index contributed by atoms with van der Waals surface area (Å²) < 4.78 is 1.85. The minimum atomic E-state index is 0. The van der Waals surface area contributed by atoms with Crippen molar-refractivity contribution in [3.8, 4) is 0 Å². The molecule has 26 heavy (non-hydrogen) atoms. The first kappa shape index (κ1) is 23.2. The van der Waals surface area contributed by atoms with Crippen molar-refractivity contribution >= 4 is 29.9 Å². The highest BCUT2D eigenvalue weighted by molar-refractivity contribution is 14.0. The number of nitrogens with one attached hydrogen (secondary N) is 2. The summed E-state index contributed by atoms with van der Waals surface area (Å²) in [6.45, 7) is 10.9. The molecule has 0 saturated carbocycles. The highest BCUT2D eigenvalue weighted by atomic mass is 127.